The van der Waals surface area contributed by atoms with Crippen molar-refractivity contribution in [3.63, 3.8) is 0 Å². The molecule has 1 aromatic heterocycles. The zero-order valence-corrected chi connectivity index (χ0v) is 9.44. The van der Waals surface area contributed by atoms with Crippen LogP contribution in [0, 0.1) is 0 Å². The summed E-state index contributed by atoms with van der Waals surface area (Å²) in [4.78, 5) is 1.07. The normalized spacial score (nSPS) is 10.9. The number of nitrogens with zero attached hydrogens (tertiary/aromatic N) is 1. The van der Waals surface area contributed by atoms with Gasteiger partial charge in [0.15, 0.2) is 5.11 Å². The summed E-state index contributed by atoms with van der Waals surface area (Å²) in [6, 6.07) is 10.3. The van der Waals surface area contributed by atoms with Gasteiger partial charge in [0.2, 0.25) is 0 Å². The lowest BCUT2D eigenvalue weighted by Gasteiger charge is -1.91. The van der Waals surface area contributed by atoms with E-state index in [1.54, 1.807) is 17.6 Å². The maximum Gasteiger partial charge on any atom is 0.184 e. The molecule has 0 atom stereocenters. The molecule has 0 amide bonds. The number of fused-ring (bicyclic) bond motifs is 1. The van der Waals surface area contributed by atoms with E-state index in [9.17, 15) is 0 Å². The van der Waals surface area contributed by atoms with Gasteiger partial charge in [-0.15, -0.1) is 11.3 Å². The van der Waals surface area contributed by atoms with Gasteiger partial charge < -0.3 is 5.73 Å². The Morgan fingerprint density at radius 1 is 1.47 bits per heavy atom. The zero-order chi connectivity index (χ0) is 10.7. The van der Waals surface area contributed by atoms with Crippen LogP contribution < -0.4 is 11.2 Å². The fourth-order valence-electron chi connectivity index (χ4n) is 1.23. The summed E-state index contributed by atoms with van der Waals surface area (Å²) in [5.74, 6) is 0. The molecule has 0 saturated heterocycles. The van der Waals surface area contributed by atoms with Crippen molar-refractivity contribution in [2.24, 2.45) is 10.8 Å². The summed E-state index contributed by atoms with van der Waals surface area (Å²) in [6.07, 6.45) is 1.71. The lowest BCUT2D eigenvalue weighted by atomic mass is 10.2. The number of hydrogen-bond donors (Lipinski definition) is 2. The van der Waals surface area contributed by atoms with Gasteiger partial charge in [-0.1, -0.05) is 18.2 Å². The van der Waals surface area contributed by atoms with Crippen LogP contribution in [-0.2, 0) is 0 Å². The van der Waals surface area contributed by atoms with Crippen LogP contribution in [0.5, 0.6) is 0 Å². The summed E-state index contributed by atoms with van der Waals surface area (Å²) in [7, 11) is 0. The molecule has 15 heavy (non-hydrogen) atoms. The van der Waals surface area contributed by atoms with Crippen molar-refractivity contribution >= 4 is 45.0 Å². The van der Waals surface area contributed by atoms with Crippen molar-refractivity contribution in [2.45, 2.75) is 0 Å². The van der Waals surface area contributed by atoms with Crippen LogP contribution in [0.3, 0.4) is 0 Å². The fraction of sp³-hybridized carbons (Fsp3) is 0. The molecule has 3 nitrogen and oxygen atoms in total. The van der Waals surface area contributed by atoms with Crippen LogP contribution in [0.1, 0.15) is 4.88 Å². The second-order valence-corrected chi connectivity index (χ2v) is 4.48. The predicted octanol–water partition coefficient (Wildman–Crippen LogP) is 2.07. The van der Waals surface area contributed by atoms with E-state index in [1.165, 1.54) is 10.1 Å². The third kappa shape index (κ3) is 2.51. The molecule has 0 bridgehead atoms. The quantitative estimate of drug-likeness (QED) is 0.476. The molecule has 0 spiro atoms. The number of thiophene rings is 1. The average Bonchev–Trinajstić information content (AvgIpc) is 2.59. The topological polar surface area (TPSA) is 50.4 Å². The fourth-order valence-corrected chi connectivity index (χ4v) is 2.21. The summed E-state index contributed by atoms with van der Waals surface area (Å²) in [5.41, 5.74) is 7.77. The van der Waals surface area contributed by atoms with E-state index in [-0.39, 0.29) is 5.11 Å². The Bertz CT molecular complexity index is 483. The van der Waals surface area contributed by atoms with Crippen LogP contribution in [-0.4, -0.2) is 11.3 Å². The first-order valence-electron chi connectivity index (χ1n) is 4.33. The van der Waals surface area contributed by atoms with E-state index in [0.717, 1.165) is 4.88 Å². The van der Waals surface area contributed by atoms with Crippen molar-refractivity contribution in [3.8, 4) is 0 Å². The molecule has 0 aliphatic rings. The van der Waals surface area contributed by atoms with E-state index < -0.39 is 0 Å². The maximum atomic E-state index is 5.24. The van der Waals surface area contributed by atoms with Gasteiger partial charge in [-0.25, -0.2) is 0 Å². The van der Waals surface area contributed by atoms with Gasteiger partial charge in [0.1, 0.15) is 0 Å². The highest BCUT2D eigenvalue weighted by atomic mass is 32.1. The number of rotatable bonds is 2. The van der Waals surface area contributed by atoms with E-state index in [4.69, 9.17) is 5.73 Å². The Hall–Kier alpha value is -1.46. The lowest BCUT2D eigenvalue weighted by Crippen LogP contribution is -2.23. The molecule has 0 aliphatic heterocycles. The van der Waals surface area contributed by atoms with Gasteiger partial charge in [-0.05, 0) is 29.7 Å². The SMILES string of the molecule is NC(=S)N/N=C/c1cc2ccccc2s1. The molecule has 2 rings (SSSR count). The summed E-state index contributed by atoms with van der Waals surface area (Å²) >= 11 is 6.31. The number of hydrazone groups is 1. The van der Waals surface area contributed by atoms with Crippen molar-refractivity contribution in [2.75, 3.05) is 0 Å². The Morgan fingerprint density at radius 3 is 3.00 bits per heavy atom. The standard InChI is InChI=1S/C10H9N3S2/c11-10(14)13-12-6-8-5-7-3-1-2-4-9(7)15-8/h1-6H,(H3,11,13,14)/b12-6+. The molecule has 0 unspecified atom stereocenters. The number of thiocarbonyl (C=S) groups is 1. The Labute approximate surface area is 96.6 Å². The van der Waals surface area contributed by atoms with E-state index in [0.29, 0.717) is 0 Å². The van der Waals surface area contributed by atoms with Gasteiger partial charge in [0, 0.05) is 9.58 Å². The molecule has 0 radical (unpaired) electrons. The molecule has 1 heterocycles. The van der Waals surface area contributed by atoms with Crippen LogP contribution in [0.4, 0.5) is 0 Å². The minimum Gasteiger partial charge on any atom is -0.375 e. The predicted molar refractivity (Wildman–Crippen MR) is 69.3 cm³/mol. The highest BCUT2D eigenvalue weighted by Gasteiger charge is 1.97. The molecular formula is C10H9N3S2. The molecule has 76 valence electrons. The average molecular weight is 235 g/mol. The molecule has 0 saturated carbocycles. The van der Waals surface area contributed by atoms with Gasteiger partial charge in [0.25, 0.3) is 0 Å². The summed E-state index contributed by atoms with van der Waals surface area (Å²) < 4.78 is 1.24. The first-order chi connectivity index (χ1) is 7.25. The van der Waals surface area contributed by atoms with Crippen molar-refractivity contribution < 1.29 is 0 Å². The Morgan fingerprint density at radius 2 is 2.27 bits per heavy atom. The van der Waals surface area contributed by atoms with Crippen LogP contribution in [0.2, 0.25) is 0 Å². The third-order valence-electron chi connectivity index (χ3n) is 1.81. The third-order valence-corrected chi connectivity index (χ3v) is 2.95. The number of hydrogen-bond acceptors (Lipinski definition) is 3. The molecule has 0 fully saturated rings. The smallest absolute Gasteiger partial charge is 0.184 e. The largest absolute Gasteiger partial charge is 0.375 e. The second-order valence-electron chi connectivity index (χ2n) is 2.92. The molecule has 2 aromatic rings. The molecule has 0 aliphatic carbocycles. The molecule has 1 aromatic carbocycles. The Kier molecular flexibility index (Phi) is 2.94. The monoisotopic (exact) mass is 235 g/mol. The maximum absolute atomic E-state index is 5.24. The molecular weight excluding hydrogens is 226 g/mol. The van der Waals surface area contributed by atoms with Crippen LogP contribution in [0.15, 0.2) is 35.4 Å². The molecule has 3 N–H and O–H groups in total. The van der Waals surface area contributed by atoms with Gasteiger partial charge in [-0.3, -0.25) is 5.43 Å². The van der Waals surface area contributed by atoms with Crippen LogP contribution >= 0.6 is 23.6 Å². The summed E-state index contributed by atoms with van der Waals surface area (Å²) in [6.45, 7) is 0. The zero-order valence-electron chi connectivity index (χ0n) is 7.81. The highest BCUT2D eigenvalue weighted by molar-refractivity contribution is 7.80. The second kappa shape index (κ2) is 4.37. The van der Waals surface area contributed by atoms with E-state index >= 15 is 0 Å². The lowest BCUT2D eigenvalue weighted by molar-refractivity contribution is 1.04. The van der Waals surface area contributed by atoms with E-state index in [1.807, 2.05) is 12.1 Å². The summed E-state index contributed by atoms with van der Waals surface area (Å²) in [5, 5.41) is 5.30. The van der Waals surface area contributed by atoms with Crippen molar-refractivity contribution in [3.05, 3.63) is 35.2 Å². The minimum atomic E-state index is 0.173. The van der Waals surface area contributed by atoms with Gasteiger partial charge in [-0.2, -0.15) is 5.10 Å². The highest BCUT2D eigenvalue weighted by Crippen LogP contribution is 2.23. The number of nitrogens with one attached hydrogen (secondary N) is 1. The first kappa shape index (κ1) is 10.1. The minimum absolute atomic E-state index is 0.173. The van der Waals surface area contributed by atoms with Crippen LogP contribution in [0.25, 0.3) is 10.1 Å². The van der Waals surface area contributed by atoms with Crippen molar-refractivity contribution in [1.29, 1.82) is 0 Å². The molecule has 5 heteroatoms. The van der Waals surface area contributed by atoms with Gasteiger partial charge in [0.05, 0.1) is 6.21 Å². The Balaban J connectivity index is 2.22. The number of nitrogens with two attached hydrogens (primary N) is 1. The van der Waals surface area contributed by atoms with E-state index in [2.05, 4.69) is 40.9 Å². The van der Waals surface area contributed by atoms with Crippen molar-refractivity contribution in [1.82, 2.24) is 5.43 Å². The first-order valence-corrected chi connectivity index (χ1v) is 5.55. The number of benzene rings is 1. The van der Waals surface area contributed by atoms with Gasteiger partial charge >= 0.3 is 0 Å².